The van der Waals surface area contributed by atoms with Crippen LogP contribution in [-0.2, 0) is 4.79 Å². The van der Waals surface area contributed by atoms with Crippen LogP contribution in [0.4, 0.5) is 0 Å². The van der Waals surface area contributed by atoms with Crippen LogP contribution in [0.3, 0.4) is 0 Å². The third kappa shape index (κ3) is 7.23. The third-order valence-corrected chi connectivity index (χ3v) is 3.94. The molecule has 0 saturated carbocycles. The minimum atomic E-state index is -0.217. The maximum Gasteiger partial charge on any atom is 0.236 e. The molecule has 1 unspecified atom stereocenters. The van der Waals surface area contributed by atoms with Crippen molar-refractivity contribution in [1.29, 1.82) is 0 Å². The van der Waals surface area contributed by atoms with Crippen LogP contribution < -0.4 is 33.3 Å². The van der Waals surface area contributed by atoms with E-state index in [0.717, 1.165) is 36.4 Å². The lowest BCUT2D eigenvalue weighted by Crippen LogP contribution is -2.41. The van der Waals surface area contributed by atoms with Crippen molar-refractivity contribution >= 4 is 22.7 Å². The highest BCUT2D eigenvalue weighted by Crippen LogP contribution is 2.19. The zero-order chi connectivity index (χ0) is 16.4. The highest BCUT2D eigenvalue weighted by atomic mass is 32.2. The number of nitrogens with two attached hydrogens (primary N) is 3. The average molecular weight is 327 g/mol. The first-order valence-corrected chi connectivity index (χ1v) is 8.01. The molecule has 124 valence electrons. The summed E-state index contributed by atoms with van der Waals surface area (Å²) in [5.41, 5.74) is 20.2. The lowest BCUT2D eigenvalue weighted by molar-refractivity contribution is -0.120. The number of rotatable bonds is 9. The highest BCUT2D eigenvalue weighted by molar-refractivity contribution is 8.14. The largest absolute Gasteiger partial charge is 0.402 e. The number of amides is 1. The topological polar surface area (TPSA) is 144 Å². The van der Waals surface area contributed by atoms with Gasteiger partial charge in [-0.3, -0.25) is 10.2 Å². The van der Waals surface area contributed by atoms with Gasteiger partial charge < -0.3 is 27.8 Å². The molecular formula is C13H25N7OS. The second-order valence-corrected chi connectivity index (χ2v) is 5.90. The Bertz CT molecular complexity index is 461. The van der Waals surface area contributed by atoms with Crippen molar-refractivity contribution in [2.45, 2.75) is 31.2 Å². The number of thioether (sulfide) groups is 1. The predicted octanol–water partition coefficient (Wildman–Crippen LogP) is -0.583. The zero-order valence-corrected chi connectivity index (χ0v) is 13.6. The van der Waals surface area contributed by atoms with Crippen LogP contribution in [0, 0.1) is 0 Å². The fourth-order valence-corrected chi connectivity index (χ4v) is 2.61. The summed E-state index contributed by atoms with van der Waals surface area (Å²) in [7, 11) is 1.76. The van der Waals surface area contributed by atoms with E-state index in [2.05, 4.69) is 21.2 Å². The van der Waals surface area contributed by atoms with Crippen molar-refractivity contribution < 1.29 is 4.79 Å². The molecule has 9 heteroatoms. The Hall–Kier alpha value is -1.87. The molecule has 0 aliphatic carbocycles. The second-order valence-electron chi connectivity index (χ2n) is 4.72. The van der Waals surface area contributed by atoms with Crippen molar-refractivity contribution in [2.75, 3.05) is 13.6 Å². The summed E-state index contributed by atoms with van der Waals surface area (Å²) in [5, 5.41) is 10.7. The monoisotopic (exact) mass is 327 g/mol. The Balaban J connectivity index is 2.17. The molecule has 0 radical (unpaired) electrons. The van der Waals surface area contributed by atoms with E-state index in [9.17, 15) is 4.79 Å². The van der Waals surface area contributed by atoms with Gasteiger partial charge in [-0.05, 0) is 37.8 Å². The van der Waals surface area contributed by atoms with Crippen molar-refractivity contribution in [3.63, 3.8) is 0 Å². The maximum absolute atomic E-state index is 11.2. The Morgan fingerprint density at radius 2 is 2.18 bits per heavy atom. The standard InChI is InChI=1S/C13H25N7OS/c1-17-10(16)7-6-9(15)4-2-3-5-12-19-20-13(22-12)18-11(21)8-14/h6-7,13,17,20H,2-5,8,14-16H2,1H3,(H,18,21)/b9-6-,10-7+. The summed E-state index contributed by atoms with van der Waals surface area (Å²) >= 11 is 1.50. The van der Waals surface area contributed by atoms with Crippen LogP contribution in [0.1, 0.15) is 25.7 Å². The minimum absolute atomic E-state index is 0.0216. The number of hydrazone groups is 1. The number of nitrogens with one attached hydrogen (secondary N) is 3. The van der Waals surface area contributed by atoms with Gasteiger partial charge in [0.15, 0.2) is 5.50 Å². The van der Waals surface area contributed by atoms with Gasteiger partial charge in [0.25, 0.3) is 0 Å². The third-order valence-electron chi connectivity index (χ3n) is 2.91. The molecule has 0 bridgehead atoms. The van der Waals surface area contributed by atoms with Gasteiger partial charge in [0, 0.05) is 12.7 Å². The lowest BCUT2D eigenvalue weighted by atomic mass is 10.1. The maximum atomic E-state index is 11.2. The Labute approximate surface area is 135 Å². The molecule has 1 atom stereocenters. The Kier molecular flexibility index (Phi) is 8.23. The van der Waals surface area contributed by atoms with Crippen LogP contribution in [0.25, 0.3) is 0 Å². The molecule has 22 heavy (non-hydrogen) atoms. The summed E-state index contributed by atoms with van der Waals surface area (Å²) < 4.78 is 0. The van der Waals surface area contributed by atoms with Crippen molar-refractivity contribution in [3.8, 4) is 0 Å². The molecule has 1 aliphatic heterocycles. The lowest BCUT2D eigenvalue weighted by Gasteiger charge is -2.10. The summed E-state index contributed by atoms with van der Waals surface area (Å²) in [6, 6.07) is 0. The average Bonchev–Trinajstić information content (AvgIpc) is 2.96. The molecule has 1 heterocycles. The van der Waals surface area contributed by atoms with E-state index >= 15 is 0 Å². The van der Waals surface area contributed by atoms with Crippen molar-refractivity contribution in [3.05, 3.63) is 23.7 Å². The van der Waals surface area contributed by atoms with Crippen molar-refractivity contribution in [2.24, 2.45) is 22.3 Å². The molecule has 1 aliphatic rings. The fourth-order valence-electron chi connectivity index (χ4n) is 1.67. The highest BCUT2D eigenvalue weighted by Gasteiger charge is 2.19. The first-order valence-electron chi connectivity index (χ1n) is 7.13. The van der Waals surface area contributed by atoms with Crippen LogP contribution in [0.15, 0.2) is 28.8 Å². The molecule has 0 aromatic rings. The van der Waals surface area contributed by atoms with Gasteiger partial charge >= 0.3 is 0 Å². The van der Waals surface area contributed by atoms with Crippen LogP contribution in [0.2, 0.25) is 0 Å². The van der Waals surface area contributed by atoms with E-state index in [1.807, 2.05) is 6.08 Å². The first kappa shape index (κ1) is 18.2. The summed E-state index contributed by atoms with van der Waals surface area (Å²) in [6.07, 6.45) is 7.18. The number of hydrogen-bond acceptors (Lipinski definition) is 8. The molecule has 0 fully saturated rings. The van der Waals surface area contributed by atoms with Gasteiger partial charge in [-0.15, -0.1) is 0 Å². The zero-order valence-electron chi connectivity index (χ0n) is 12.8. The fraction of sp³-hybridized carbons (Fsp3) is 0.538. The quantitative estimate of drug-likeness (QED) is 0.245. The van der Waals surface area contributed by atoms with E-state index in [0.29, 0.717) is 5.82 Å². The van der Waals surface area contributed by atoms with Crippen LogP contribution in [0.5, 0.6) is 0 Å². The number of hydrogen-bond donors (Lipinski definition) is 6. The number of carbonyl (C=O) groups is 1. The van der Waals surface area contributed by atoms with E-state index in [-0.39, 0.29) is 17.9 Å². The SMILES string of the molecule is CN/C(N)=C/C=C(\N)CCCCC1=NNC(NC(=O)CN)S1. The van der Waals surface area contributed by atoms with Gasteiger partial charge in [-0.2, -0.15) is 5.10 Å². The molecule has 0 aromatic carbocycles. The molecule has 0 saturated heterocycles. The van der Waals surface area contributed by atoms with E-state index in [4.69, 9.17) is 17.2 Å². The van der Waals surface area contributed by atoms with E-state index in [1.165, 1.54) is 11.8 Å². The minimum Gasteiger partial charge on any atom is -0.402 e. The van der Waals surface area contributed by atoms with E-state index in [1.54, 1.807) is 13.1 Å². The smallest absolute Gasteiger partial charge is 0.236 e. The normalized spacial score (nSPS) is 18.6. The number of nitrogens with zero attached hydrogens (tertiary/aromatic N) is 1. The van der Waals surface area contributed by atoms with Gasteiger partial charge in [0.2, 0.25) is 5.91 Å². The first-order chi connectivity index (χ1) is 10.5. The Morgan fingerprint density at radius 1 is 1.41 bits per heavy atom. The molecule has 0 aromatic heterocycles. The molecule has 8 nitrogen and oxygen atoms in total. The van der Waals surface area contributed by atoms with Gasteiger partial charge in [-0.1, -0.05) is 11.8 Å². The molecule has 0 spiro atoms. The summed E-state index contributed by atoms with van der Waals surface area (Å²) in [6.45, 7) is -0.0216. The number of carbonyl (C=O) groups excluding carboxylic acids is 1. The summed E-state index contributed by atoms with van der Waals surface area (Å²) in [4.78, 5) is 11.2. The number of unbranched alkanes of at least 4 members (excludes halogenated alkanes) is 1. The van der Waals surface area contributed by atoms with E-state index < -0.39 is 0 Å². The van der Waals surface area contributed by atoms with Crippen molar-refractivity contribution in [1.82, 2.24) is 16.1 Å². The Morgan fingerprint density at radius 3 is 2.86 bits per heavy atom. The summed E-state index contributed by atoms with van der Waals surface area (Å²) in [5.74, 6) is 0.379. The molecular weight excluding hydrogens is 302 g/mol. The second kappa shape index (κ2) is 9.96. The van der Waals surface area contributed by atoms with Gasteiger partial charge in [0.1, 0.15) is 0 Å². The number of allylic oxidation sites excluding steroid dienone is 3. The molecule has 9 N–H and O–H groups in total. The molecule has 1 rings (SSSR count). The van der Waals surface area contributed by atoms with Gasteiger partial charge in [-0.25, -0.2) is 0 Å². The van der Waals surface area contributed by atoms with Crippen LogP contribution in [-0.4, -0.2) is 30.0 Å². The van der Waals surface area contributed by atoms with Gasteiger partial charge in [0.05, 0.1) is 17.4 Å². The predicted molar refractivity (Wildman–Crippen MR) is 91.2 cm³/mol. The van der Waals surface area contributed by atoms with Crippen LogP contribution >= 0.6 is 11.8 Å². The molecule has 1 amide bonds.